The van der Waals surface area contributed by atoms with Crippen LogP contribution in [-0.4, -0.2) is 7.11 Å². The molecule has 1 aliphatic carbocycles. The zero-order chi connectivity index (χ0) is 13.7. The van der Waals surface area contributed by atoms with Crippen LogP contribution in [0.2, 0.25) is 0 Å². The van der Waals surface area contributed by atoms with Crippen molar-refractivity contribution in [2.75, 3.05) is 7.11 Å². The van der Waals surface area contributed by atoms with Crippen LogP contribution in [0.3, 0.4) is 0 Å². The Morgan fingerprint density at radius 1 is 1.06 bits per heavy atom. The van der Waals surface area contributed by atoms with Crippen LogP contribution in [0.1, 0.15) is 70.4 Å². The molecule has 1 unspecified atom stereocenters. The molecule has 1 nitrogen and oxygen atoms in total. The van der Waals surface area contributed by atoms with E-state index in [0.29, 0.717) is 11.8 Å². The van der Waals surface area contributed by atoms with Gasteiger partial charge in [0.15, 0.2) is 0 Å². The fourth-order valence-corrected chi connectivity index (χ4v) is 2.47. The van der Waals surface area contributed by atoms with Crippen LogP contribution >= 0.6 is 0 Å². The van der Waals surface area contributed by atoms with Gasteiger partial charge in [0.1, 0.15) is 5.75 Å². The average Bonchev–Trinajstić information content (AvgIpc) is 3.23. The van der Waals surface area contributed by atoms with E-state index in [1.807, 2.05) is 13.8 Å². The normalized spacial score (nSPS) is 15.9. The summed E-state index contributed by atoms with van der Waals surface area (Å²) in [6.07, 6.45) is 2.77. The molecule has 0 radical (unpaired) electrons. The number of para-hydroxylation sites is 1. The molecular formula is C17H28O. The standard InChI is InChI=1S/C15H22O.C2H6/c1-10(2)13-6-5-7-14(15(13)16-4)11(3)12-8-9-12;1-2/h5-7,10-12H,8-9H2,1-4H3;1-2H3. The quantitative estimate of drug-likeness (QED) is 0.697. The first-order valence-electron chi connectivity index (χ1n) is 7.32. The molecule has 0 aliphatic heterocycles. The number of benzene rings is 1. The van der Waals surface area contributed by atoms with E-state index in [1.54, 1.807) is 7.11 Å². The highest BCUT2D eigenvalue weighted by Gasteiger charge is 2.31. The lowest BCUT2D eigenvalue weighted by Gasteiger charge is -2.19. The van der Waals surface area contributed by atoms with Gasteiger partial charge >= 0.3 is 0 Å². The topological polar surface area (TPSA) is 9.23 Å². The third-order valence-electron chi connectivity index (χ3n) is 3.72. The lowest BCUT2D eigenvalue weighted by Crippen LogP contribution is -2.03. The van der Waals surface area contributed by atoms with Gasteiger partial charge in [0.25, 0.3) is 0 Å². The summed E-state index contributed by atoms with van der Waals surface area (Å²) >= 11 is 0. The minimum Gasteiger partial charge on any atom is -0.496 e. The second kappa shape index (κ2) is 6.82. The van der Waals surface area contributed by atoms with Crippen molar-refractivity contribution in [3.8, 4) is 5.75 Å². The van der Waals surface area contributed by atoms with Gasteiger partial charge in [-0.25, -0.2) is 0 Å². The molecule has 1 atom stereocenters. The van der Waals surface area contributed by atoms with Gasteiger partial charge in [-0.3, -0.25) is 0 Å². The monoisotopic (exact) mass is 248 g/mol. The third-order valence-corrected chi connectivity index (χ3v) is 3.72. The SMILES string of the molecule is CC.COc1c(C(C)C)cccc1C(C)C1CC1. The van der Waals surface area contributed by atoms with Crippen molar-refractivity contribution in [3.05, 3.63) is 29.3 Å². The molecule has 1 saturated carbocycles. The van der Waals surface area contributed by atoms with Crippen LogP contribution in [0.4, 0.5) is 0 Å². The van der Waals surface area contributed by atoms with Gasteiger partial charge in [-0.2, -0.15) is 0 Å². The molecule has 0 heterocycles. The second-order valence-corrected chi connectivity index (χ2v) is 5.25. The largest absolute Gasteiger partial charge is 0.496 e. The Labute approximate surface area is 113 Å². The van der Waals surface area contributed by atoms with E-state index in [2.05, 4.69) is 39.0 Å². The summed E-state index contributed by atoms with van der Waals surface area (Å²) in [7, 11) is 1.80. The van der Waals surface area contributed by atoms with Gasteiger partial charge in [-0.1, -0.05) is 52.8 Å². The molecule has 1 aromatic rings. The Morgan fingerprint density at radius 2 is 1.61 bits per heavy atom. The molecular weight excluding hydrogens is 220 g/mol. The number of hydrogen-bond donors (Lipinski definition) is 0. The van der Waals surface area contributed by atoms with Crippen LogP contribution in [0.25, 0.3) is 0 Å². The first kappa shape index (κ1) is 15.1. The van der Waals surface area contributed by atoms with Gasteiger partial charge in [0.2, 0.25) is 0 Å². The maximum atomic E-state index is 5.64. The van der Waals surface area contributed by atoms with E-state index in [4.69, 9.17) is 4.74 Å². The molecule has 1 aromatic carbocycles. The zero-order valence-electron chi connectivity index (χ0n) is 12.8. The van der Waals surface area contributed by atoms with Gasteiger partial charge in [0, 0.05) is 0 Å². The third kappa shape index (κ3) is 3.28. The van der Waals surface area contributed by atoms with Crippen LogP contribution < -0.4 is 4.74 Å². The maximum Gasteiger partial charge on any atom is 0.125 e. The highest BCUT2D eigenvalue weighted by molar-refractivity contribution is 5.45. The van der Waals surface area contributed by atoms with Crippen molar-refractivity contribution in [1.82, 2.24) is 0 Å². The van der Waals surface area contributed by atoms with E-state index < -0.39 is 0 Å². The Kier molecular flexibility index (Phi) is 5.71. The van der Waals surface area contributed by atoms with Gasteiger partial charge < -0.3 is 4.74 Å². The van der Waals surface area contributed by atoms with Crippen LogP contribution in [-0.2, 0) is 0 Å². The molecule has 102 valence electrons. The Hall–Kier alpha value is -0.980. The molecule has 1 aliphatic rings. The number of methoxy groups -OCH3 is 1. The average molecular weight is 248 g/mol. The highest BCUT2D eigenvalue weighted by Crippen LogP contribution is 2.46. The predicted octanol–water partition coefficient (Wildman–Crippen LogP) is 5.36. The van der Waals surface area contributed by atoms with Crippen LogP contribution in [0.15, 0.2) is 18.2 Å². The van der Waals surface area contributed by atoms with Crippen molar-refractivity contribution in [3.63, 3.8) is 0 Å². The van der Waals surface area contributed by atoms with Gasteiger partial charge in [0.05, 0.1) is 7.11 Å². The van der Waals surface area contributed by atoms with E-state index >= 15 is 0 Å². The van der Waals surface area contributed by atoms with Crippen molar-refractivity contribution >= 4 is 0 Å². The molecule has 1 heteroatoms. The number of hydrogen-bond acceptors (Lipinski definition) is 1. The smallest absolute Gasteiger partial charge is 0.125 e. The van der Waals surface area contributed by atoms with Crippen LogP contribution in [0, 0.1) is 5.92 Å². The molecule has 18 heavy (non-hydrogen) atoms. The Balaban J connectivity index is 0.000000771. The molecule has 0 saturated heterocycles. The Morgan fingerprint density at radius 3 is 2.06 bits per heavy atom. The summed E-state index contributed by atoms with van der Waals surface area (Å²) in [6.45, 7) is 10.8. The summed E-state index contributed by atoms with van der Waals surface area (Å²) < 4.78 is 5.64. The molecule has 0 bridgehead atoms. The molecule has 2 rings (SSSR count). The molecule has 0 aromatic heterocycles. The Bertz CT molecular complexity index is 364. The summed E-state index contributed by atoms with van der Waals surface area (Å²) in [5.41, 5.74) is 2.74. The molecule has 0 spiro atoms. The summed E-state index contributed by atoms with van der Waals surface area (Å²) in [5, 5.41) is 0. The van der Waals surface area contributed by atoms with E-state index in [1.165, 1.54) is 24.0 Å². The lowest BCUT2D eigenvalue weighted by atomic mass is 9.90. The first-order chi connectivity index (χ1) is 8.65. The lowest BCUT2D eigenvalue weighted by molar-refractivity contribution is 0.397. The van der Waals surface area contributed by atoms with Crippen molar-refractivity contribution in [1.29, 1.82) is 0 Å². The summed E-state index contributed by atoms with van der Waals surface area (Å²) in [4.78, 5) is 0. The van der Waals surface area contributed by atoms with Crippen molar-refractivity contribution < 1.29 is 4.74 Å². The minimum absolute atomic E-state index is 0.529. The van der Waals surface area contributed by atoms with E-state index in [9.17, 15) is 0 Å². The highest BCUT2D eigenvalue weighted by atomic mass is 16.5. The van der Waals surface area contributed by atoms with Gasteiger partial charge in [-0.05, 0) is 41.7 Å². The van der Waals surface area contributed by atoms with E-state index in [0.717, 1.165) is 11.7 Å². The number of ether oxygens (including phenoxy) is 1. The second-order valence-electron chi connectivity index (χ2n) is 5.25. The van der Waals surface area contributed by atoms with E-state index in [-0.39, 0.29) is 0 Å². The zero-order valence-corrected chi connectivity index (χ0v) is 12.8. The summed E-state index contributed by atoms with van der Waals surface area (Å²) in [5.74, 6) is 3.18. The first-order valence-corrected chi connectivity index (χ1v) is 7.32. The van der Waals surface area contributed by atoms with Crippen LogP contribution in [0.5, 0.6) is 5.75 Å². The fourth-order valence-electron chi connectivity index (χ4n) is 2.47. The number of rotatable bonds is 4. The fraction of sp³-hybridized carbons (Fsp3) is 0.647. The molecule has 0 N–H and O–H groups in total. The maximum absolute atomic E-state index is 5.64. The van der Waals surface area contributed by atoms with Gasteiger partial charge in [-0.15, -0.1) is 0 Å². The summed E-state index contributed by atoms with van der Waals surface area (Å²) in [6, 6.07) is 6.59. The predicted molar refractivity (Wildman–Crippen MR) is 79.6 cm³/mol. The van der Waals surface area contributed by atoms with Crippen molar-refractivity contribution in [2.24, 2.45) is 5.92 Å². The van der Waals surface area contributed by atoms with Crippen molar-refractivity contribution in [2.45, 2.75) is 59.3 Å². The molecule has 1 fully saturated rings. The minimum atomic E-state index is 0.529. The molecule has 0 amide bonds.